The van der Waals surface area contributed by atoms with Gasteiger partial charge >= 0.3 is 0 Å². The maximum atomic E-state index is 6.26. The fourth-order valence-electron chi connectivity index (χ4n) is 2.26. The van der Waals surface area contributed by atoms with Crippen LogP contribution in [-0.2, 0) is 13.5 Å². The van der Waals surface area contributed by atoms with Gasteiger partial charge in [0.25, 0.3) is 0 Å². The average molecular weight is 272 g/mol. The minimum atomic E-state index is 0.556. The molecule has 1 aromatic heterocycles. The molecule has 1 unspecified atom stereocenters. The number of halogens is 1. The number of rotatable bonds is 7. The lowest BCUT2D eigenvalue weighted by Gasteiger charge is -2.22. The molecule has 1 rings (SSSR count). The van der Waals surface area contributed by atoms with Gasteiger partial charge in [-0.15, -0.1) is 0 Å². The van der Waals surface area contributed by atoms with Gasteiger partial charge in [-0.05, 0) is 38.6 Å². The molecule has 0 fully saturated rings. The molecule has 1 atom stereocenters. The Morgan fingerprint density at radius 3 is 2.50 bits per heavy atom. The standard InChI is InChI=1S/C14H26ClN3/c1-6-9-16-13(10(2)3)8-7-12-11(4)17-18(5)14(12)15/h10,13,16H,6-9H2,1-5H3. The summed E-state index contributed by atoms with van der Waals surface area (Å²) in [6.45, 7) is 9.86. The minimum Gasteiger partial charge on any atom is -0.314 e. The quantitative estimate of drug-likeness (QED) is 0.824. The molecule has 0 spiro atoms. The first-order valence-corrected chi connectivity index (χ1v) is 7.26. The lowest BCUT2D eigenvalue weighted by molar-refractivity contribution is 0.378. The maximum Gasteiger partial charge on any atom is 0.130 e. The Hall–Kier alpha value is -0.540. The highest BCUT2D eigenvalue weighted by atomic mass is 35.5. The summed E-state index contributed by atoms with van der Waals surface area (Å²) < 4.78 is 1.76. The Balaban J connectivity index is 2.61. The molecule has 1 heterocycles. The van der Waals surface area contributed by atoms with Gasteiger partial charge in [0.1, 0.15) is 5.15 Å². The van der Waals surface area contributed by atoms with Crippen LogP contribution in [0, 0.1) is 12.8 Å². The molecule has 0 amide bonds. The van der Waals surface area contributed by atoms with Crippen LogP contribution < -0.4 is 5.32 Å². The number of nitrogens with zero attached hydrogens (tertiary/aromatic N) is 2. The van der Waals surface area contributed by atoms with Crippen molar-refractivity contribution >= 4 is 11.6 Å². The van der Waals surface area contributed by atoms with Crippen molar-refractivity contribution in [1.29, 1.82) is 0 Å². The third-order valence-corrected chi connectivity index (χ3v) is 3.91. The molecule has 4 heteroatoms. The van der Waals surface area contributed by atoms with Crippen LogP contribution in [-0.4, -0.2) is 22.4 Å². The van der Waals surface area contributed by atoms with Gasteiger partial charge in [0.15, 0.2) is 0 Å². The van der Waals surface area contributed by atoms with E-state index in [0.717, 1.165) is 30.2 Å². The van der Waals surface area contributed by atoms with E-state index in [1.54, 1.807) is 4.68 Å². The van der Waals surface area contributed by atoms with E-state index in [-0.39, 0.29) is 0 Å². The van der Waals surface area contributed by atoms with Gasteiger partial charge in [-0.2, -0.15) is 5.10 Å². The monoisotopic (exact) mass is 271 g/mol. The van der Waals surface area contributed by atoms with Crippen molar-refractivity contribution in [2.75, 3.05) is 6.54 Å². The molecule has 3 nitrogen and oxygen atoms in total. The molecular weight excluding hydrogens is 246 g/mol. The number of nitrogens with one attached hydrogen (secondary N) is 1. The highest BCUT2D eigenvalue weighted by molar-refractivity contribution is 6.30. The first-order valence-electron chi connectivity index (χ1n) is 6.88. The van der Waals surface area contributed by atoms with Crippen LogP contribution in [0.4, 0.5) is 0 Å². The molecule has 0 aliphatic heterocycles. The molecule has 1 aromatic rings. The fourth-order valence-corrected chi connectivity index (χ4v) is 2.53. The smallest absolute Gasteiger partial charge is 0.130 e. The SMILES string of the molecule is CCCNC(CCc1c(C)nn(C)c1Cl)C(C)C. The number of hydrogen-bond donors (Lipinski definition) is 1. The highest BCUT2D eigenvalue weighted by Gasteiger charge is 2.16. The summed E-state index contributed by atoms with van der Waals surface area (Å²) in [6, 6.07) is 0.556. The molecule has 0 aliphatic rings. The van der Waals surface area contributed by atoms with Gasteiger partial charge in [-0.25, -0.2) is 0 Å². The van der Waals surface area contributed by atoms with Crippen molar-refractivity contribution in [3.8, 4) is 0 Å². The zero-order chi connectivity index (χ0) is 13.7. The fraction of sp³-hybridized carbons (Fsp3) is 0.786. The van der Waals surface area contributed by atoms with Gasteiger partial charge in [-0.1, -0.05) is 32.4 Å². The van der Waals surface area contributed by atoms with E-state index < -0.39 is 0 Å². The first-order chi connectivity index (χ1) is 8.47. The molecule has 0 saturated heterocycles. The molecule has 104 valence electrons. The second kappa shape index (κ2) is 7.15. The van der Waals surface area contributed by atoms with Crippen LogP contribution in [0.25, 0.3) is 0 Å². The number of hydrogen-bond acceptors (Lipinski definition) is 2. The van der Waals surface area contributed by atoms with Crippen LogP contribution in [0.3, 0.4) is 0 Å². The van der Waals surface area contributed by atoms with Gasteiger partial charge < -0.3 is 5.32 Å². The molecule has 0 aliphatic carbocycles. The topological polar surface area (TPSA) is 29.9 Å². The normalized spacial score (nSPS) is 13.3. The number of aromatic nitrogens is 2. The lowest BCUT2D eigenvalue weighted by Crippen LogP contribution is -2.34. The van der Waals surface area contributed by atoms with E-state index in [0.29, 0.717) is 12.0 Å². The molecule has 0 bridgehead atoms. The van der Waals surface area contributed by atoms with Gasteiger partial charge in [0.2, 0.25) is 0 Å². The summed E-state index contributed by atoms with van der Waals surface area (Å²) >= 11 is 6.26. The minimum absolute atomic E-state index is 0.556. The Labute approximate surface area is 116 Å². The van der Waals surface area contributed by atoms with E-state index in [2.05, 4.69) is 31.2 Å². The van der Waals surface area contributed by atoms with Crippen LogP contribution in [0.1, 0.15) is 44.9 Å². The van der Waals surface area contributed by atoms with E-state index in [9.17, 15) is 0 Å². The molecule has 18 heavy (non-hydrogen) atoms. The predicted octanol–water partition coefficient (Wildman–Crippen LogP) is 3.34. The zero-order valence-corrected chi connectivity index (χ0v) is 13.0. The second-order valence-corrected chi connectivity index (χ2v) is 5.68. The molecule has 0 aromatic carbocycles. The van der Waals surface area contributed by atoms with E-state index in [1.807, 2.05) is 14.0 Å². The van der Waals surface area contributed by atoms with Crippen LogP contribution in [0.5, 0.6) is 0 Å². The Morgan fingerprint density at radius 2 is 2.06 bits per heavy atom. The Bertz CT molecular complexity index is 371. The predicted molar refractivity (Wildman–Crippen MR) is 78.2 cm³/mol. The number of aryl methyl sites for hydroxylation is 2. The zero-order valence-electron chi connectivity index (χ0n) is 12.3. The summed E-state index contributed by atoms with van der Waals surface area (Å²) in [6.07, 6.45) is 3.29. The molecule has 0 saturated carbocycles. The van der Waals surface area contributed by atoms with Crippen molar-refractivity contribution in [1.82, 2.24) is 15.1 Å². The van der Waals surface area contributed by atoms with Gasteiger partial charge in [0, 0.05) is 18.7 Å². The van der Waals surface area contributed by atoms with Crippen LogP contribution in [0.2, 0.25) is 5.15 Å². The highest BCUT2D eigenvalue weighted by Crippen LogP contribution is 2.21. The van der Waals surface area contributed by atoms with Crippen LogP contribution >= 0.6 is 11.6 Å². The van der Waals surface area contributed by atoms with Crippen molar-refractivity contribution in [3.63, 3.8) is 0 Å². The summed E-state index contributed by atoms with van der Waals surface area (Å²) in [5.74, 6) is 0.646. The summed E-state index contributed by atoms with van der Waals surface area (Å²) in [5.41, 5.74) is 2.25. The second-order valence-electron chi connectivity index (χ2n) is 5.32. The summed E-state index contributed by atoms with van der Waals surface area (Å²) in [5, 5.41) is 8.76. The first kappa shape index (κ1) is 15.5. The Morgan fingerprint density at radius 1 is 1.39 bits per heavy atom. The van der Waals surface area contributed by atoms with Crippen molar-refractivity contribution in [2.45, 2.75) is 53.0 Å². The summed E-state index contributed by atoms with van der Waals surface area (Å²) in [7, 11) is 1.90. The van der Waals surface area contributed by atoms with Gasteiger partial charge in [-0.3, -0.25) is 4.68 Å². The van der Waals surface area contributed by atoms with Crippen LogP contribution in [0.15, 0.2) is 0 Å². The average Bonchev–Trinajstić information content (AvgIpc) is 2.54. The lowest BCUT2D eigenvalue weighted by atomic mass is 9.97. The third kappa shape index (κ3) is 3.99. The van der Waals surface area contributed by atoms with Crippen molar-refractivity contribution in [3.05, 3.63) is 16.4 Å². The van der Waals surface area contributed by atoms with E-state index in [4.69, 9.17) is 11.6 Å². The van der Waals surface area contributed by atoms with Gasteiger partial charge in [0.05, 0.1) is 5.69 Å². The van der Waals surface area contributed by atoms with E-state index in [1.165, 1.54) is 12.0 Å². The Kier molecular flexibility index (Phi) is 6.16. The molecular formula is C14H26ClN3. The summed E-state index contributed by atoms with van der Waals surface area (Å²) in [4.78, 5) is 0. The third-order valence-electron chi connectivity index (χ3n) is 3.44. The van der Waals surface area contributed by atoms with E-state index >= 15 is 0 Å². The largest absolute Gasteiger partial charge is 0.314 e. The molecule has 1 N–H and O–H groups in total. The van der Waals surface area contributed by atoms with Crippen molar-refractivity contribution in [2.24, 2.45) is 13.0 Å². The molecule has 0 radical (unpaired) electrons. The maximum absolute atomic E-state index is 6.26. The van der Waals surface area contributed by atoms with Crippen molar-refractivity contribution < 1.29 is 0 Å².